The predicted octanol–water partition coefficient (Wildman–Crippen LogP) is 1.99. The smallest absolute Gasteiger partial charge is 0.269 e. The summed E-state index contributed by atoms with van der Waals surface area (Å²) in [5.41, 5.74) is 5.54. The summed E-state index contributed by atoms with van der Waals surface area (Å²) in [5, 5.41) is 0. The van der Waals surface area contributed by atoms with Crippen LogP contribution in [0.1, 0.15) is 15.9 Å². The molecule has 0 saturated carbocycles. The van der Waals surface area contributed by atoms with Gasteiger partial charge in [-0.3, -0.25) is 20.4 Å². The van der Waals surface area contributed by atoms with E-state index in [9.17, 15) is 18.0 Å². The number of hydrogen-bond donors (Lipinski definition) is 2. The number of halogens is 1. The van der Waals surface area contributed by atoms with Crippen molar-refractivity contribution in [1.82, 2.24) is 10.9 Å². The van der Waals surface area contributed by atoms with E-state index in [1.165, 1.54) is 12.1 Å². The number of carbonyl (C=O) groups is 2. The van der Waals surface area contributed by atoms with Crippen LogP contribution < -0.4 is 10.9 Å². The third kappa shape index (κ3) is 4.90. The van der Waals surface area contributed by atoms with E-state index in [-0.39, 0.29) is 4.90 Å². The molecule has 0 unspecified atom stereocenters. The fraction of sp³-hybridized carbons (Fsp3) is 0.125. The third-order valence-electron chi connectivity index (χ3n) is 3.12. The van der Waals surface area contributed by atoms with Gasteiger partial charge in [0.1, 0.15) is 5.75 Å². The molecular formula is C16H15BrN2O4S. The van der Waals surface area contributed by atoms with Crippen LogP contribution in [0.25, 0.3) is 0 Å². The van der Waals surface area contributed by atoms with Crippen LogP contribution in [0.5, 0.6) is 0 Å². The first-order chi connectivity index (χ1) is 11.3. The largest absolute Gasteiger partial charge is 0.272 e. The zero-order valence-corrected chi connectivity index (χ0v) is 15.1. The molecule has 6 nitrogen and oxygen atoms in total. The van der Waals surface area contributed by atoms with Gasteiger partial charge >= 0.3 is 0 Å². The number of nitrogens with one attached hydrogen (secondary N) is 2. The molecule has 2 aromatic rings. The SMILES string of the molecule is Cc1ccc(S(=O)(=O)CC(=O)NNC(=O)c2ccc(Br)cc2)cc1. The van der Waals surface area contributed by atoms with Gasteiger partial charge in [-0.2, -0.15) is 0 Å². The maximum absolute atomic E-state index is 12.1. The molecule has 8 heteroatoms. The maximum atomic E-state index is 12.1. The minimum atomic E-state index is -3.76. The van der Waals surface area contributed by atoms with Crippen molar-refractivity contribution in [2.24, 2.45) is 0 Å². The molecule has 2 rings (SSSR count). The molecule has 0 aliphatic heterocycles. The molecule has 0 aromatic heterocycles. The summed E-state index contributed by atoms with van der Waals surface area (Å²) < 4.78 is 25.1. The van der Waals surface area contributed by atoms with E-state index in [0.29, 0.717) is 5.56 Å². The number of carbonyl (C=O) groups excluding carboxylic acids is 2. The van der Waals surface area contributed by atoms with Crippen LogP contribution in [-0.4, -0.2) is 26.0 Å². The Labute approximate surface area is 148 Å². The Balaban J connectivity index is 1.94. The monoisotopic (exact) mass is 410 g/mol. The van der Waals surface area contributed by atoms with Crippen LogP contribution in [0.4, 0.5) is 0 Å². The number of benzene rings is 2. The Morgan fingerprint density at radius 2 is 1.54 bits per heavy atom. The molecule has 0 radical (unpaired) electrons. The van der Waals surface area contributed by atoms with Gasteiger partial charge in [-0.25, -0.2) is 8.42 Å². The lowest BCUT2D eigenvalue weighted by atomic mass is 10.2. The van der Waals surface area contributed by atoms with Crippen LogP contribution >= 0.6 is 15.9 Å². The Morgan fingerprint density at radius 1 is 0.958 bits per heavy atom. The van der Waals surface area contributed by atoms with E-state index in [0.717, 1.165) is 10.0 Å². The third-order valence-corrected chi connectivity index (χ3v) is 5.28. The molecule has 126 valence electrons. The van der Waals surface area contributed by atoms with E-state index in [1.807, 2.05) is 6.92 Å². The Kier molecular flexibility index (Phi) is 5.74. The van der Waals surface area contributed by atoms with E-state index in [2.05, 4.69) is 26.8 Å². The van der Waals surface area contributed by atoms with Crippen molar-refractivity contribution in [1.29, 1.82) is 0 Å². The Morgan fingerprint density at radius 3 is 2.12 bits per heavy atom. The van der Waals surface area contributed by atoms with Crippen molar-refractivity contribution in [3.05, 3.63) is 64.1 Å². The van der Waals surface area contributed by atoms with Crippen molar-refractivity contribution in [2.75, 3.05) is 5.75 Å². The van der Waals surface area contributed by atoms with Gasteiger partial charge in [0.25, 0.3) is 11.8 Å². The van der Waals surface area contributed by atoms with Crippen molar-refractivity contribution < 1.29 is 18.0 Å². The van der Waals surface area contributed by atoms with Crippen LogP contribution in [0.15, 0.2) is 57.9 Å². The molecule has 24 heavy (non-hydrogen) atoms. The topological polar surface area (TPSA) is 92.3 Å². The summed E-state index contributed by atoms with van der Waals surface area (Å²) in [7, 11) is -3.76. The number of sulfone groups is 1. The lowest BCUT2D eigenvalue weighted by molar-refractivity contribution is -0.119. The Bertz CT molecular complexity index is 847. The number of aryl methyl sites for hydroxylation is 1. The van der Waals surface area contributed by atoms with Crippen LogP contribution in [-0.2, 0) is 14.6 Å². The Hall–Kier alpha value is -2.19. The second-order valence-electron chi connectivity index (χ2n) is 5.08. The van der Waals surface area contributed by atoms with Crippen molar-refractivity contribution in [3.63, 3.8) is 0 Å². The zero-order chi connectivity index (χ0) is 17.7. The van der Waals surface area contributed by atoms with Gasteiger partial charge in [0.2, 0.25) is 0 Å². The summed E-state index contributed by atoms with van der Waals surface area (Å²) in [6.07, 6.45) is 0. The fourth-order valence-electron chi connectivity index (χ4n) is 1.84. The van der Waals surface area contributed by atoms with Gasteiger partial charge in [0.05, 0.1) is 4.90 Å². The molecule has 2 N–H and O–H groups in total. The van der Waals surface area contributed by atoms with Crippen molar-refractivity contribution in [3.8, 4) is 0 Å². The molecule has 0 bridgehead atoms. The first kappa shape index (κ1) is 18.2. The van der Waals surface area contributed by atoms with Gasteiger partial charge < -0.3 is 0 Å². The average Bonchev–Trinajstić information content (AvgIpc) is 2.53. The van der Waals surface area contributed by atoms with Crippen LogP contribution in [0.3, 0.4) is 0 Å². The molecule has 0 saturated heterocycles. The standard InChI is InChI=1S/C16H15BrN2O4S/c1-11-2-8-14(9-3-11)24(22,23)10-15(20)18-19-16(21)12-4-6-13(17)7-5-12/h2-9H,10H2,1H3,(H,18,20)(H,19,21). The van der Waals surface area contributed by atoms with E-state index < -0.39 is 27.4 Å². The molecule has 0 spiro atoms. The predicted molar refractivity (Wildman–Crippen MR) is 93.0 cm³/mol. The summed E-state index contributed by atoms with van der Waals surface area (Å²) in [5.74, 6) is -2.11. The summed E-state index contributed by atoms with van der Waals surface area (Å²) in [4.78, 5) is 23.7. The summed E-state index contributed by atoms with van der Waals surface area (Å²) in [6.45, 7) is 1.83. The number of hydrogen-bond acceptors (Lipinski definition) is 4. The summed E-state index contributed by atoms with van der Waals surface area (Å²) in [6, 6.07) is 12.7. The quantitative estimate of drug-likeness (QED) is 0.753. The maximum Gasteiger partial charge on any atom is 0.269 e. The molecule has 0 fully saturated rings. The van der Waals surface area contributed by atoms with Gasteiger partial charge in [-0.15, -0.1) is 0 Å². The number of rotatable bonds is 4. The molecule has 2 amide bonds. The van der Waals surface area contributed by atoms with Crippen molar-refractivity contribution in [2.45, 2.75) is 11.8 Å². The average molecular weight is 411 g/mol. The lowest BCUT2D eigenvalue weighted by Gasteiger charge is -2.08. The minimum absolute atomic E-state index is 0.0579. The highest BCUT2D eigenvalue weighted by Gasteiger charge is 2.19. The van der Waals surface area contributed by atoms with Gasteiger partial charge in [0.15, 0.2) is 9.84 Å². The second-order valence-corrected chi connectivity index (χ2v) is 7.99. The molecule has 0 aliphatic carbocycles. The second kappa shape index (κ2) is 7.59. The minimum Gasteiger partial charge on any atom is -0.272 e. The molecule has 2 aromatic carbocycles. The van der Waals surface area contributed by atoms with Crippen LogP contribution in [0.2, 0.25) is 0 Å². The first-order valence-electron chi connectivity index (χ1n) is 6.92. The molecule has 0 aliphatic rings. The highest BCUT2D eigenvalue weighted by atomic mass is 79.9. The molecular weight excluding hydrogens is 396 g/mol. The van der Waals surface area contributed by atoms with Crippen LogP contribution in [0, 0.1) is 6.92 Å². The van der Waals surface area contributed by atoms with Gasteiger partial charge in [-0.1, -0.05) is 33.6 Å². The number of amides is 2. The molecule has 0 atom stereocenters. The zero-order valence-electron chi connectivity index (χ0n) is 12.7. The number of hydrazine groups is 1. The van der Waals surface area contributed by atoms with E-state index in [1.54, 1.807) is 36.4 Å². The van der Waals surface area contributed by atoms with E-state index in [4.69, 9.17) is 0 Å². The highest BCUT2D eigenvalue weighted by molar-refractivity contribution is 9.10. The highest BCUT2D eigenvalue weighted by Crippen LogP contribution is 2.12. The first-order valence-corrected chi connectivity index (χ1v) is 9.36. The normalized spacial score (nSPS) is 10.9. The fourth-order valence-corrected chi connectivity index (χ4v) is 3.24. The van der Waals surface area contributed by atoms with Gasteiger partial charge in [-0.05, 0) is 43.3 Å². The molecule has 0 heterocycles. The van der Waals surface area contributed by atoms with Gasteiger partial charge in [0, 0.05) is 10.0 Å². The summed E-state index contributed by atoms with van der Waals surface area (Å²) >= 11 is 3.25. The lowest BCUT2D eigenvalue weighted by Crippen LogP contribution is -2.44. The van der Waals surface area contributed by atoms with E-state index >= 15 is 0 Å². The van der Waals surface area contributed by atoms with Crippen molar-refractivity contribution >= 4 is 37.6 Å².